The largest absolute Gasteiger partial charge is 0.330 e. The molecule has 1 aliphatic heterocycles. The Labute approximate surface area is 107 Å². The first-order valence-corrected chi connectivity index (χ1v) is 7.70. The highest BCUT2D eigenvalue weighted by atomic mass is 15.1. The first kappa shape index (κ1) is 13.4. The molecule has 1 saturated carbocycles. The van der Waals surface area contributed by atoms with Gasteiger partial charge in [-0.15, -0.1) is 0 Å². The summed E-state index contributed by atoms with van der Waals surface area (Å²) in [4.78, 5) is 2.72. The van der Waals surface area contributed by atoms with E-state index in [1.807, 2.05) is 0 Å². The maximum absolute atomic E-state index is 6.10. The number of rotatable bonds is 4. The minimum absolute atomic E-state index is 0.466. The normalized spacial score (nSPS) is 30.4. The van der Waals surface area contributed by atoms with Gasteiger partial charge in [0.1, 0.15) is 0 Å². The topological polar surface area (TPSA) is 29.3 Å². The molecular formula is C15H30N2. The molecule has 0 aromatic heterocycles. The molecule has 2 fully saturated rings. The van der Waals surface area contributed by atoms with Gasteiger partial charge in [0.2, 0.25) is 0 Å². The fourth-order valence-corrected chi connectivity index (χ4v) is 3.83. The van der Waals surface area contributed by atoms with Gasteiger partial charge in [-0.25, -0.2) is 0 Å². The molecule has 0 spiro atoms. The molecule has 2 rings (SSSR count). The number of hydrogen-bond donors (Lipinski definition) is 1. The van der Waals surface area contributed by atoms with Gasteiger partial charge in [0, 0.05) is 13.1 Å². The lowest BCUT2D eigenvalue weighted by Gasteiger charge is -2.43. The monoisotopic (exact) mass is 238 g/mol. The fourth-order valence-electron chi connectivity index (χ4n) is 3.83. The summed E-state index contributed by atoms with van der Waals surface area (Å²) < 4.78 is 0. The molecule has 2 N–H and O–H groups in total. The summed E-state index contributed by atoms with van der Waals surface area (Å²) in [6.45, 7) is 7.17. The Kier molecular flexibility index (Phi) is 4.87. The summed E-state index contributed by atoms with van der Waals surface area (Å²) in [6, 6.07) is 0. The Morgan fingerprint density at radius 2 is 1.94 bits per heavy atom. The van der Waals surface area contributed by atoms with Gasteiger partial charge in [-0.2, -0.15) is 0 Å². The summed E-state index contributed by atoms with van der Waals surface area (Å²) in [5, 5.41) is 0. The van der Waals surface area contributed by atoms with Gasteiger partial charge in [-0.05, 0) is 50.1 Å². The Hall–Kier alpha value is -0.0800. The van der Waals surface area contributed by atoms with Gasteiger partial charge in [0.25, 0.3) is 0 Å². The molecule has 100 valence electrons. The van der Waals surface area contributed by atoms with Crippen LogP contribution in [0.15, 0.2) is 0 Å². The average molecular weight is 238 g/mol. The zero-order chi connectivity index (χ0) is 12.1. The van der Waals surface area contributed by atoms with Crippen molar-refractivity contribution in [2.75, 3.05) is 26.2 Å². The molecule has 0 aromatic carbocycles. The van der Waals surface area contributed by atoms with Crippen LogP contribution in [0.5, 0.6) is 0 Å². The third-order valence-electron chi connectivity index (χ3n) is 5.09. The van der Waals surface area contributed by atoms with E-state index >= 15 is 0 Å². The minimum Gasteiger partial charge on any atom is -0.330 e. The van der Waals surface area contributed by atoms with Crippen LogP contribution < -0.4 is 5.73 Å². The maximum atomic E-state index is 6.10. The van der Waals surface area contributed by atoms with Crippen molar-refractivity contribution in [2.45, 2.75) is 58.3 Å². The third-order valence-corrected chi connectivity index (χ3v) is 5.09. The van der Waals surface area contributed by atoms with Crippen molar-refractivity contribution in [3.8, 4) is 0 Å². The average Bonchev–Trinajstić information content (AvgIpc) is 2.40. The predicted octanol–water partition coefficient (Wildman–Crippen LogP) is 3.02. The molecule has 0 amide bonds. The first-order chi connectivity index (χ1) is 8.28. The Morgan fingerprint density at radius 3 is 2.59 bits per heavy atom. The van der Waals surface area contributed by atoms with E-state index in [4.69, 9.17) is 5.73 Å². The van der Waals surface area contributed by atoms with Crippen LogP contribution in [0.2, 0.25) is 0 Å². The van der Waals surface area contributed by atoms with Crippen LogP contribution >= 0.6 is 0 Å². The van der Waals surface area contributed by atoms with Gasteiger partial charge in [0.05, 0.1) is 0 Å². The fraction of sp³-hybridized carbons (Fsp3) is 1.00. The highest BCUT2D eigenvalue weighted by Crippen LogP contribution is 2.37. The van der Waals surface area contributed by atoms with Crippen molar-refractivity contribution in [3.63, 3.8) is 0 Å². The highest BCUT2D eigenvalue weighted by molar-refractivity contribution is 4.88. The molecule has 2 nitrogen and oxygen atoms in total. The second kappa shape index (κ2) is 6.19. The summed E-state index contributed by atoms with van der Waals surface area (Å²) in [5.74, 6) is 0.946. The number of piperidine rings is 1. The van der Waals surface area contributed by atoms with E-state index < -0.39 is 0 Å². The van der Waals surface area contributed by atoms with Crippen molar-refractivity contribution in [1.82, 2.24) is 4.90 Å². The van der Waals surface area contributed by atoms with Gasteiger partial charge in [-0.1, -0.05) is 32.6 Å². The van der Waals surface area contributed by atoms with Crippen LogP contribution in [0.4, 0.5) is 0 Å². The van der Waals surface area contributed by atoms with E-state index in [-0.39, 0.29) is 0 Å². The Balaban J connectivity index is 1.88. The summed E-state index contributed by atoms with van der Waals surface area (Å²) in [7, 11) is 0. The molecule has 17 heavy (non-hydrogen) atoms. The van der Waals surface area contributed by atoms with Gasteiger partial charge in [0.15, 0.2) is 0 Å². The van der Waals surface area contributed by atoms with E-state index in [0.29, 0.717) is 5.41 Å². The second-order valence-corrected chi connectivity index (χ2v) is 6.42. The molecule has 1 aliphatic carbocycles. The quantitative estimate of drug-likeness (QED) is 0.816. The van der Waals surface area contributed by atoms with E-state index in [9.17, 15) is 0 Å². The zero-order valence-electron chi connectivity index (χ0n) is 11.6. The molecule has 1 saturated heterocycles. The van der Waals surface area contributed by atoms with E-state index in [0.717, 1.165) is 12.5 Å². The third kappa shape index (κ3) is 3.45. The lowest BCUT2D eigenvalue weighted by Crippen LogP contribution is -2.47. The van der Waals surface area contributed by atoms with Crippen molar-refractivity contribution < 1.29 is 0 Å². The van der Waals surface area contributed by atoms with E-state index in [1.165, 1.54) is 71.0 Å². The predicted molar refractivity (Wildman–Crippen MR) is 74.0 cm³/mol. The lowest BCUT2D eigenvalue weighted by molar-refractivity contribution is 0.0781. The second-order valence-electron chi connectivity index (χ2n) is 6.42. The molecule has 0 bridgehead atoms. The number of hydrogen-bond acceptors (Lipinski definition) is 2. The molecule has 1 heterocycles. The molecule has 0 radical (unpaired) electrons. The maximum Gasteiger partial charge on any atom is 0.00502 e. The van der Waals surface area contributed by atoms with Gasteiger partial charge in [-0.3, -0.25) is 0 Å². The van der Waals surface area contributed by atoms with Crippen LogP contribution in [0.1, 0.15) is 58.3 Å². The Morgan fingerprint density at radius 1 is 1.18 bits per heavy atom. The standard InChI is InChI=1S/C15H30N2/c1-2-14-7-6-10-17(11-14)13-15(12-16)8-4-3-5-9-15/h14H,2-13,16H2,1H3. The van der Waals surface area contributed by atoms with Crippen molar-refractivity contribution >= 4 is 0 Å². The number of nitrogens with two attached hydrogens (primary N) is 1. The van der Waals surface area contributed by atoms with E-state index in [2.05, 4.69) is 11.8 Å². The van der Waals surface area contributed by atoms with E-state index in [1.54, 1.807) is 0 Å². The summed E-state index contributed by atoms with van der Waals surface area (Å²) in [6.07, 6.45) is 11.2. The van der Waals surface area contributed by atoms with Crippen LogP contribution in [-0.4, -0.2) is 31.1 Å². The highest BCUT2D eigenvalue weighted by Gasteiger charge is 2.33. The number of likely N-dealkylation sites (tertiary alicyclic amines) is 1. The molecule has 2 aliphatic rings. The molecular weight excluding hydrogens is 208 g/mol. The van der Waals surface area contributed by atoms with Crippen LogP contribution in [0.25, 0.3) is 0 Å². The van der Waals surface area contributed by atoms with Crippen molar-refractivity contribution in [2.24, 2.45) is 17.1 Å². The molecule has 0 aromatic rings. The Bertz CT molecular complexity index is 221. The van der Waals surface area contributed by atoms with Crippen LogP contribution in [0, 0.1) is 11.3 Å². The summed E-state index contributed by atoms with van der Waals surface area (Å²) >= 11 is 0. The first-order valence-electron chi connectivity index (χ1n) is 7.70. The van der Waals surface area contributed by atoms with Crippen LogP contribution in [0.3, 0.4) is 0 Å². The lowest BCUT2D eigenvalue weighted by atomic mass is 9.73. The molecule has 1 unspecified atom stereocenters. The minimum atomic E-state index is 0.466. The van der Waals surface area contributed by atoms with Gasteiger partial charge >= 0.3 is 0 Å². The van der Waals surface area contributed by atoms with Crippen molar-refractivity contribution in [3.05, 3.63) is 0 Å². The van der Waals surface area contributed by atoms with Crippen LogP contribution in [-0.2, 0) is 0 Å². The number of nitrogens with zero attached hydrogens (tertiary/aromatic N) is 1. The zero-order valence-corrected chi connectivity index (χ0v) is 11.6. The molecule has 1 atom stereocenters. The molecule has 2 heteroatoms. The SMILES string of the molecule is CCC1CCCN(CC2(CN)CCCCC2)C1. The van der Waals surface area contributed by atoms with Gasteiger partial charge < -0.3 is 10.6 Å². The smallest absolute Gasteiger partial charge is 0.00502 e. The summed E-state index contributed by atoms with van der Waals surface area (Å²) in [5.41, 5.74) is 6.56. The van der Waals surface area contributed by atoms with Crippen molar-refractivity contribution in [1.29, 1.82) is 0 Å².